The molecule has 2 N–H and O–H groups in total. The third-order valence-corrected chi connectivity index (χ3v) is 1.09. The normalized spacial score (nSPS) is 22.9. The van der Waals surface area contributed by atoms with Crippen LogP contribution >= 0.6 is 0 Å². The zero-order chi connectivity index (χ0) is 5.11. The standard InChI is InChI=1S/C5H10N2/c1-2-5-6-3-4-7-5/h2,5-7H,1,3-4H2. The van der Waals surface area contributed by atoms with Gasteiger partial charge in [-0.15, -0.1) is 6.58 Å². The zero-order valence-corrected chi connectivity index (χ0v) is 4.28. The molecule has 0 aromatic rings. The van der Waals surface area contributed by atoms with E-state index in [4.69, 9.17) is 0 Å². The molecular formula is C5H10N2. The minimum Gasteiger partial charge on any atom is -0.297 e. The largest absolute Gasteiger partial charge is 0.297 e. The molecular weight excluding hydrogens is 88.1 g/mol. The van der Waals surface area contributed by atoms with Crippen molar-refractivity contribution in [1.82, 2.24) is 10.6 Å². The fourth-order valence-corrected chi connectivity index (χ4v) is 0.694. The van der Waals surface area contributed by atoms with Gasteiger partial charge in [-0.05, 0) is 0 Å². The van der Waals surface area contributed by atoms with Gasteiger partial charge >= 0.3 is 0 Å². The van der Waals surface area contributed by atoms with E-state index in [1.54, 1.807) is 0 Å². The van der Waals surface area contributed by atoms with Crippen molar-refractivity contribution in [3.8, 4) is 0 Å². The second-order valence-electron chi connectivity index (χ2n) is 1.62. The topological polar surface area (TPSA) is 24.1 Å². The van der Waals surface area contributed by atoms with Gasteiger partial charge in [-0.2, -0.15) is 0 Å². The summed E-state index contributed by atoms with van der Waals surface area (Å²) in [5, 5.41) is 6.35. The molecule has 0 aromatic carbocycles. The van der Waals surface area contributed by atoms with E-state index in [0.29, 0.717) is 6.17 Å². The van der Waals surface area contributed by atoms with E-state index in [2.05, 4.69) is 17.2 Å². The highest BCUT2D eigenvalue weighted by atomic mass is 15.2. The summed E-state index contributed by atoms with van der Waals surface area (Å²) in [5.41, 5.74) is 0. The highest BCUT2D eigenvalue weighted by Gasteiger charge is 2.05. The van der Waals surface area contributed by atoms with Crippen LogP contribution in [0.1, 0.15) is 0 Å². The fourth-order valence-electron chi connectivity index (χ4n) is 0.694. The van der Waals surface area contributed by atoms with E-state index >= 15 is 0 Å². The Morgan fingerprint density at radius 2 is 2.00 bits per heavy atom. The molecule has 0 radical (unpaired) electrons. The van der Waals surface area contributed by atoms with Crippen molar-refractivity contribution >= 4 is 0 Å². The summed E-state index contributed by atoms with van der Waals surface area (Å²) in [6.45, 7) is 5.75. The Balaban J connectivity index is 2.26. The molecule has 7 heavy (non-hydrogen) atoms. The predicted molar refractivity (Wildman–Crippen MR) is 30.0 cm³/mol. The maximum absolute atomic E-state index is 3.62. The van der Waals surface area contributed by atoms with Crippen LogP contribution in [0.4, 0.5) is 0 Å². The van der Waals surface area contributed by atoms with E-state index in [9.17, 15) is 0 Å². The van der Waals surface area contributed by atoms with Crippen LogP contribution in [0.5, 0.6) is 0 Å². The van der Waals surface area contributed by atoms with Crippen LogP contribution in [0.25, 0.3) is 0 Å². The molecule has 1 heterocycles. The average Bonchev–Trinajstić information content (AvgIpc) is 2.14. The SMILES string of the molecule is C=CC1NCCN1. The molecule has 0 aliphatic carbocycles. The fraction of sp³-hybridized carbons (Fsp3) is 0.600. The molecule has 2 nitrogen and oxygen atoms in total. The second kappa shape index (κ2) is 2.09. The van der Waals surface area contributed by atoms with Gasteiger partial charge < -0.3 is 0 Å². The third-order valence-electron chi connectivity index (χ3n) is 1.09. The zero-order valence-electron chi connectivity index (χ0n) is 4.28. The van der Waals surface area contributed by atoms with Crippen LogP contribution < -0.4 is 10.6 Å². The van der Waals surface area contributed by atoms with E-state index in [1.165, 1.54) is 0 Å². The number of hydrogen-bond acceptors (Lipinski definition) is 2. The van der Waals surface area contributed by atoms with Crippen molar-refractivity contribution in [2.45, 2.75) is 6.17 Å². The highest BCUT2D eigenvalue weighted by Crippen LogP contribution is 1.82. The van der Waals surface area contributed by atoms with Gasteiger partial charge in [0, 0.05) is 13.1 Å². The first-order valence-electron chi connectivity index (χ1n) is 2.53. The van der Waals surface area contributed by atoms with E-state index in [1.807, 2.05) is 6.08 Å². The van der Waals surface area contributed by atoms with Gasteiger partial charge in [0.15, 0.2) is 0 Å². The minimum absolute atomic E-state index is 0.361. The van der Waals surface area contributed by atoms with Crippen molar-refractivity contribution in [1.29, 1.82) is 0 Å². The molecule has 2 heteroatoms. The van der Waals surface area contributed by atoms with Gasteiger partial charge in [-0.3, -0.25) is 10.6 Å². The average molecular weight is 98.1 g/mol. The molecule has 0 atom stereocenters. The maximum atomic E-state index is 3.62. The molecule has 0 bridgehead atoms. The van der Waals surface area contributed by atoms with Crippen molar-refractivity contribution in [3.63, 3.8) is 0 Å². The first-order chi connectivity index (χ1) is 3.43. The second-order valence-corrected chi connectivity index (χ2v) is 1.62. The molecule has 1 aliphatic heterocycles. The predicted octanol–water partition coefficient (Wildman–Crippen LogP) is -0.309. The molecule has 40 valence electrons. The van der Waals surface area contributed by atoms with E-state index < -0.39 is 0 Å². The van der Waals surface area contributed by atoms with E-state index in [0.717, 1.165) is 13.1 Å². The van der Waals surface area contributed by atoms with Crippen LogP contribution in [-0.4, -0.2) is 19.3 Å². The van der Waals surface area contributed by atoms with Crippen molar-refractivity contribution < 1.29 is 0 Å². The monoisotopic (exact) mass is 98.1 g/mol. The van der Waals surface area contributed by atoms with Crippen LogP contribution in [0.3, 0.4) is 0 Å². The van der Waals surface area contributed by atoms with Crippen molar-refractivity contribution in [2.24, 2.45) is 0 Å². The van der Waals surface area contributed by atoms with E-state index in [-0.39, 0.29) is 0 Å². The lowest BCUT2D eigenvalue weighted by molar-refractivity contribution is 0.667. The summed E-state index contributed by atoms with van der Waals surface area (Å²) in [6, 6.07) is 0. The minimum atomic E-state index is 0.361. The first kappa shape index (κ1) is 4.81. The summed E-state index contributed by atoms with van der Waals surface area (Å²) in [6.07, 6.45) is 2.23. The molecule has 0 saturated carbocycles. The molecule has 0 amide bonds. The van der Waals surface area contributed by atoms with Crippen LogP contribution in [0.15, 0.2) is 12.7 Å². The summed E-state index contributed by atoms with van der Waals surface area (Å²) >= 11 is 0. The Hall–Kier alpha value is -0.340. The van der Waals surface area contributed by atoms with Crippen molar-refractivity contribution in [2.75, 3.05) is 13.1 Å². The molecule has 1 aliphatic rings. The number of rotatable bonds is 1. The molecule has 1 saturated heterocycles. The molecule has 0 spiro atoms. The Kier molecular flexibility index (Phi) is 1.44. The lowest BCUT2D eigenvalue weighted by Gasteiger charge is -1.99. The van der Waals surface area contributed by atoms with Gasteiger partial charge in [0.1, 0.15) is 0 Å². The smallest absolute Gasteiger partial charge is 0.0762 e. The van der Waals surface area contributed by atoms with Gasteiger partial charge in [-0.1, -0.05) is 6.08 Å². The molecule has 0 aromatic heterocycles. The van der Waals surface area contributed by atoms with Crippen LogP contribution in [-0.2, 0) is 0 Å². The van der Waals surface area contributed by atoms with Gasteiger partial charge in [-0.25, -0.2) is 0 Å². The highest BCUT2D eigenvalue weighted by molar-refractivity contribution is 4.87. The lowest BCUT2D eigenvalue weighted by Crippen LogP contribution is -2.27. The molecule has 1 fully saturated rings. The Morgan fingerprint density at radius 3 is 2.29 bits per heavy atom. The molecule has 1 rings (SSSR count). The summed E-state index contributed by atoms with van der Waals surface area (Å²) in [7, 11) is 0. The third kappa shape index (κ3) is 1.01. The van der Waals surface area contributed by atoms with Crippen LogP contribution in [0.2, 0.25) is 0 Å². The summed E-state index contributed by atoms with van der Waals surface area (Å²) < 4.78 is 0. The van der Waals surface area contributed by atoms with Crippen molar-refractivity contribution in [3.05, 3.63) is 12.7 Å². The summed E-state index contributed by atoms with van der Waals surface area (Å²) in [4.78, 5) is 0. The quantitative estimate of drug-likeness (QED) is 0.440. The first-order valence-corrected chi connectivity index (χ1v) is 2.53. The van der Waals surface area contributed by atoms with Gasteiger partial charge in [0.05, 0.1) is 6.17 Å². The van der Waals surface area contributed by atoms with Crippen LogP contribution in [0, 0.1) is 0 Å². The van der Waals surface area contributed by atoms with Gasteiger partial charge in [0.2, 0.25) is 0 Å². The van der Waals surface area contributed by atoms with Gasteiger partial charge in [0.25, 0.3) is 0 Å². The number of nitrogens with one attached hydrogen (secondary N) is 2. The Labute approximate surface area is 43.6 Å². The lowest BCUT2D eigenvalue weighted by atomic mass is 10.5. The number of hydrogen-bond donors (Lipinski definition) is 2. The summed E-state index contributed by atoms with van der Waals surface area (Å²) in [5.74, 6) is 0. The molecule has 0 unspecified atom stereocenters. The Bertz CT molecular complexity index is 64.5. The Morgan fingerprint density at radius 1 is 1.43 bits per heavy atom. The maximum Gasteiger partial charge on any atom is 0.0762 e.